The van der Waals surface area contributed by atoms with Gasteiger partial charge in [0.15, 0.2) is 10.8 Å². The maximum Gasteiger partial charge on any atom is 0.279 e. The molecule has 24 heavy (non-hydrogen) atoms. The van der Waals surface area contributed by atoms with Crippen molar-refractivity contribution in [3.8, 4) is 0 Å². The summed E-state index contributed by atoms with van der Waals surface area (Å²) in [4.78, 5) is 16.9. The first-order valence-electron chi connectivity index (χ1n) is 7.66. The SMILES string of the molecule is CCCCC1C(=O)c2c(nc(S(=O)(=O)Cl)c3ccccc23)C=C1O. The summed E-state index contributed by atoms with van der Waals surface area (Å²) in [6.45, 7) is 2.01. The smallest absolute Gasteiger partial charge is 0.279 e. The van der Waals surface area contributed by atoms with Gasteiger partial charge in [0.25, 0.3) is 9.05 Å². The Bertz CT molecular complexity index is 966. The number of carbonyl (C=O) groups excluding carboxylic acids is 1. The topological polar surface area (TPSA) is 84.3 Å². The van der Waals surface area contributed by atoms with Crippen LogP contribution in [0.5, 0.6) is 0 Å². The molecule has 0 spiro atoms. The van der Waals surface area contributed by atoms with Crippen LogP contribution in [-0.2, 0) is 9.05 Å². The van der Waals surface area contributed by atoms with Gasteiger partial charge < -0.3 is 5.11 Å². The third-order valence-electron chi connectivity index (χ3n) is 4.19. The molecule has 1 unspecified atom stereocenters. The number of pyridine rings is 1. The molecular weight excluding hydrogens is 350 g/mol. The summed E-state index contributed by atoms with van der Waals surface area (Å²) in [6, 6.07) is 6.63. The largest absolute Gasteiger partial charge is 0.511 e. The molecule has 0 bridgehead atoms. The molecule has 126 valence electrons. The van der Waals surface area contributed by atoms with Crippen molar-refractivity contribution in [2.24, 2.45) is 5.92 Å². The highest BCUT2D eigenvalue weighted by Crippen LogP contribution is 2.36. The van der Waals surface area contributed by atoms with Gasteiger partial charge in [-0.15, -0.1) is 0 Å². The lowest BCUT2D eigenvalue weighted by Crippen LogP contribution is -2.23. The molecule has 0 radical (unpaired) electrons. The monoisotopic (exact) mass is 365 g/mol. The van der Waals surface area contributed by atoms with Crippen molar-refractivity contribution in [2.45, 2.75) is 31.2 Å². The van der Waals surface area contributed by atoms with Crippen LogP contribution in [0.2, 0.25) is 0 Å². The lowest BCUT2D eigenvalue weighted by atomic mass is 9.84. The second-order valence-electron chi connectivity index (χ2n) is 5.79. The summed E-state index contributed by atoms with van der Waals surface area (Å²) in [5.41, 5.74) is 0.483. The van der Waals surface area contributed by atoms with Crippen molar-refractivity contribution in [3.63, 3.8) is 0 Å². The first kappa shape index (κ1) is 16.9. The number of benzene rings is 1. The standard InChI is InChI=1S/C17H16ClNO4S/c1-2-3-6-12-14(20)9-13-15(16(12)21)10-7-4-5-8-11(10)17(19-13)24(18,22)23/h4-5,7-9,12,20H,2-3,6H2,1H3. The fourth-order valence-electron chi connectivity index (χ4n) is 3.04. The van der Waals surface area contributed by atoms with Crippen LogP contribution in [0, 0.1) is 5.92 Å². The molecule has 1 N–H and O–H groups in total. The Balaban J connectivity index is 2.31. The summed E-state index contributed by atoms with van der Waals surface area (Å²) in [5.74, 6) is -0.927. The zero-order valence-electron chi connectivity index (χ0n) is 13.0. The van der Waals surface area contributed by atoms with E-state index in [0.29, 0.717) is 22.8 Å². The van der Waals surface area contributed by atoms with E-state index in [-0.39, 0.29) is 22.3 Å². The van der Waals surface area contributed by atoms with Crippen LogP contribution in [0.15, 0.2) is 35.1 Å². The van der Waals surface area contributed by atoms with Crippen molar-refractivity contribution >= 4 is 42.4 Å². The summed E-state index contributed by atoms with van der Waals surface area (Å²) < 4.78 is 23.7. The minimum absolute atomic E-state index is 0.0818. The molecule has 1 aliphatic rings. The van der Waals surface area contributed by atoms with E-state index in [1.54, 1.807) is 24.3 Å². The highest BCUT2D eigenvalue weighted by Gasteiger charge is 2.33. The van der Waals surface area contributed by atoms with Gasteiger partial charge in [-0.3, -0.25) is 4.79 Å². The highest BCUT2D eigenvalue weighted by atomic mass is 35.7. The number of fused-ring (bicyclic) bond motifs is 3. The lowest BCUT2D eigenvalue weighted by molar-refractivity contribution is 0.0903. The van der Waals surface area contributed by atoms with Crippen LogP contribution in [0.25, 0.3) is 16.8 Å². The number of Topliss-reactive ketones (excluding diaryl/α,β-unsaturated/α-hetero) is 1. The quantitative estimate of drug-likeness (QED) is 0.826. The Morgan fingerprint density at radius 1 is 1.25 bits per heavy atom. The second-order valence-corrected chi connectivity index (χ2v) is 8.27. The van der Waals surface area contributed by atoms with E-state index in [0.717, 1.165) is 12.8 Å². The van der Waals surface area contributed by atoms with Crippen molar-refractivity contribution < 1.29 is 18.3 Å². The predicted molar refractivity (Wildman–Crippen MR) is 92.7 cm³/mol. The normalized spacial score (nSPS) is 17.7. The minimum Gasteiger partial charge on any atom is -0.511 e. The van der Waals surface area contributed by atoms with Crippen molar-refractivity contribution in [3.05, 3.63) is 41.3 Å². The number of hydrogen-bond acceptors (Lipinski definition) is 5. The third kappa shape index (κ3) is 2.80. The molecule has 0 saturated carbocycles. The molecule has 2 aromatic rings. The fourth-order valence-corrected chi connectivity index (χ4v) is 4.04. The summed E-state index contributed by atoms with van der Waals surface area (Å²) in [6.07, 6.45) is 3.63. The van der Waals surface area contributed by atoms with Gasteiger partial charge in [-0.2, -0.15) is 0 Å². The van der Waals surface area contributed by atoms with Crippen molar-refractivity contribution in [1.29, 1.82) is 0 Å². The number of allylic oxidation sites excluding steroid dienone is 1. The van der Waals surface area contributed by atoms with Crippen LogP contribution in [0.3, 0.4) is 0 Å². The Labute approximate surface area is 144 Å². The van der Waals surface area contributed by atoms with E-state index in [1.165, 1.54) is 6.08 Å². The molecule has 0 saturated heterocycles. The predicted octanol–water partition coefficient (Wildman–Crippen LogP) is 4.06. The van der Waals surface area contributed by atoms with Crippen LogP contribution < -0.4 is 0 Å². The molecular formula is C17H16ClNO4S. The maximum atomic E-state index is 12.9. The Kier molecular flexibility index (Phi) is 4.36. The van der Waals surface area contributed by atoms with Crippen molar-refractivity contribution in [2.75, 3.05) is 0 Å². The average molecular weight is 366 g/mol. The first-order valence-corrected chi connectivity index (χ1v) is 9.97. The Morgan fingerprint density at radius 2 is 1.92 bits per heavy atom. The number of aromatic nitrogens is 1. The van der Waals surface area contributed by atoms with Crippen LogP contribution in [0.1, 0.15) is 42.2 Å². The molecule has 5 nitrogen and oxygen atoms in total. The molecule has 0 fully saturated rings. The number of nitrogens with zero attached hydrogens (tertiary/aromatic N) is 1. The lowest BCUT2D eigenvalue weighted by Gasteiger charge is -2.22. The molecule has 1 heterocycles. The number of halogens is 1. The first-order chi connectivity index (χ1) is 11.3. The molecule has 1 atom stereocenters. The molecule has 0 amide bonds. The number of aliphatic hydroxyl groups excluding tert-OH is 1. The number of ketones is 1. The zero-order valence-corrected chi connectivity index (χ0v) is 14.6. The van der Waals surface area contributed by atoms with E-state index >= 15 is 0 Å². The van der Waals surface area contributed by atoms with Gasteiger partial charge in [0.1, 0.15) is 5.76 Å². The van der Waals surface area contributed by atoms with E-state index in [9.17, 15) is 18.3 Å². The van der Waals surface area contributed by atoms with E-state index in [1.807, 2.05) is 6.92 Å². The van der Waals surface area contributed by atoms with Gasteiger partial charge in [0.2, 0.25) is 0 Å². The molecule has 3 rings (SSSR count). The number of aliphatic hydroxyl groups is 1. The van der Waals surface area contributed by atoms with Gasteiger partial charge in [0.05, 0.1) is 17.2 Å². The average Bonchev–Trinajstić information content (AvgIpc) is 2.52. The number of hydrogen-bond donors (Lipinski definition) is 1. The van der Waals surface area contributed by atoms with E-state index in [2.05, 4.69) is 4.98 Å². The molecule has 1 aromatic carbocycles. The maximum absolute atomic E-state index is 12.9. The number of unbranched alkanes of at least 4 members (excludes halogenated alkanes) is 1. The molecule has 7 heteroatoms. The molecule has 0 aliphatic heterocycles. The fraction of sp³-hybridized carbons (Fsp3) is 0.294. The van der Waals surface area contributed by atoms with Gasteiger partial charge in [-0.05, 0) is 11.8 Å². The van der Waals surface area contributed by atoms with Crippen molar-refractivity contribution in [1.82, 2.24) is 4.98 Å². The molecule has 1 aromatic heterocycles. The van der Waals surface area contributed by atoms with Gasteiger partial charge in [0, 0.05) is 22.1 Å². The minimum atomic E-state index is -4.09. The van der Waals surface area contributed by atoms with Gasteiger partial charge in [-0.25, -0.2) is 13.4 Å². The van der Waals surface area contributed by atoms with E-state index < -0.39 is 15.0 Å². The summed E-state index contributed by atoms with van der Waals surface area (Å²) in [5, 5.41) is 10.7. The zero-order chi connectivity index (χ0) is 17.5. The highest BCUT2D eigenvalue weighted by molar-refractivity contribution is 8.13. The van der Waals surface area contributed by atoms with Gasteiger partial charge >= 0.3 is 0 Å². The van der Waals surface area contributed by atoms with Crippen LogP contribution in [0.4, 0.5) is 0 Å². The van der Waals surface area contributed by atoms with E-state index in [4.69, 9.17) is 10.7 Å². The van der Waals surface area contributed by atoms with Crippen LogP contribution in [-0.4, -0.2) is 24.3 Å². The number of rotatable bonds is 4. The molecule has 1 aliphatic carbocycles. The summed E-state index contributed by atoms with van der Waals surface area (Å²) >= 11 is 0. The Morgan fingerprint density at radius 3 is 2.54 bits per heavy atom. The second kappa shape index (κ2) is 6.18. The Hall–Kier alpha value is -1.92. The number of carbonyl (C=O) groups is 1. The van der Waals surface area contributed by atoms with Crippen LogP contribution >= 0.6 is 10.7 Å². The summed E-state index contributed by atoms with van der Waals surface area (Å²) in [7, 11) is 1.40. The third-order valence-corrected chi connectivity index (χ3v) is 5.40. The van der Waals surface area contributed by atoms with Gasteiger partial charge in [-0.1, -0.05) is 44.0 Å².